The Morgan fingerprint density at radius 2 is 1.78 bits per heavy atom. The maximum atomic E-state index is 13.0. The maximum absolute atomic E-state index is 13.0. The number of benzene rings is 2. The zero-order valence-electron chi connectivity index (χ0n) is 14.9. The molecule has 0 atom stereocenters. The highest BCUT2D eigenvalue weighted by molar-refractivity contribution is 7.92. The first-order valence-corrected chi connectivity index (χ1v) is 10.1. The highest BCUT2D eigenvalue weighted by Crippen LogP contribution is 2.19. The predicted molar refractivity (Wildman–Crippen MR) is 102 cm³/mol. The molecule has 0 saturated carbocycles. The van der Waals surface area contributed by atoms with E-state index in [1.54, 1.807) is 24.3 Å². The van der Waals surface area contributed by atoms with Crippen LogP contribution in [0.4, 0.5) is 15.8 Å². The Balaban J connectivity index is 1.91. The first-order chi connectivity index (χ1) is 12.8. The van der Waals surface area contributed by atoms with Gasteiger partial charge in [-0.15, -0.1) is 0 Å². The second-order valence-electron chi connectivity index (χ2n) is 6.00. The molecule has 1 amide bonds. The molecule has 142 valence electrons. The van der Waals surface area contributed by atoms with Gasteiger partial charge in [0.2, 0.25) is 15.9 Å². The van der Waals surface area contributed by atoms with Crippen LogP contribution in [-0.2, 0) is 21.2 Å². The normalized spacial score (nSPS) is 10.9. The van der Waals surface area contributed by atoms with Gasteiger partial charge in [-0.25, -0.2) is 12.8 Å². The molecule has 2 rings (SSSR count). The number of nitrogens with zero attached hydrogens (tertiary/aromatic N) is 2. The number of nitriles is 1. The Kier molecular flexibility index (Phi) is 6.91. The standard InChI is InChI=1S/C19H20FN3O3S/c1-27(25,26)23(18-10-6-16(20)7-11-18)14-2-3-19(24)22-17-8-4-15(5-9-17)12-13-21/h4-11H,2-3,12,14H2,1H3,(H,22,24). The summed E-state index contributed by atoms with van der Waals surface area (Å²) in [6.07, 6.45) is 1.81. The van der Waals surface area contributed by atoms with Crippen LogP contribution in [0.5, 0.6) is 0 Å². The number of anilines is 2. The summed E-state index contributed by atoms with van der Waals surface area (Å²) in [6.45, 7) is 0.110. The van der Waals surface area contributed by atoms with Crippen molar-refractivity contribution in [3.63, 3.8) is 0 Å². The average molecular weight is 389 g/mol. The molecule has 0 aliphatic carbocycles. The first kappa shape index (κ1) is 20.4. The Bertz CT molecular complexity index is 920. The van der Waals surface area contributed by atoms with Crippen LogP contribution < -0.4 is 9.62 Å². The molecule has 0 aliphatic rings. The molecule has 0 fully saturated rings. The van der Waals surface area contributed by atoms with E-state index < -0.39 is 15.8 Å². The van der Waals surface area contributed by atoms with Crippen LogP contribution in [0, 0.1) is 17.1 Å². The third-order valence-electron chi connectivity index (χ3n) is 3.80. The van der Waals surface area contributed by atoms with Gasteiger partial charge in [0.1, 0.15) is 5.82 Å². The van der Waals surface area contributed by atoms with Crippen LogP contribution in [-0.4, -0.2) is 27.1 Å². The fourth-order valence-corrected chi connectivity index (χ4v) is 3.46. The van der Waals surface area contributed by atoms with Gasteiger partial charge in [0.15, 0.2) is 0 Å². The zero-order valence-corrected chi connectivity index (χ0v) is 15.7. The fraction of sp³-hybridized carbons (Fsp3) is 0.263. The fourth-order valence-electron chi connectivity index (χ4n) is 2.50. The van der Waals surface area contributed by atoms with E-state index in [-0.39, 0.29) is 18.9 Å². The van der Waals surface area contributed by atoms with Crippen LogP contribution in [0.25, 0.3) is 0 Å². The molecule has 2 aromatic carbocycles. The lowest BCUT2D eigenvalue weighted by Gasteiger charge is -2.22. The van der Waals surface area contributed by atoms with Gasteiger partial charge in [-0.1, -0.05) is 12.1 Å². The maximum Gasteiger partial charge on any atom is 0.232 e. The molecule has 0 aromatic heterocycles. The molecule has 0 heterocycles. The summed E-state index contributed by atoms with van der Waals surface area (Å²) in [4.78, 5) is 12.1. The molecule has 0 bridgehead atoms. The van der Waals surface area contributed by atoms with Crippen molar-refractivity contribution in [2.75, 3.05) is 22.4 Å². The second kappa shape index (κ2) is 9.14. The number of hydrogen-bond acceptors (Lipinski definition) is 4. The monoisotopic (exact) mass is 389 g/mol. The van der Waals surface area contributed by atoms with E-state index >= 15 is 0 Å². The zero-order chi connectivity index (χ0) is 19.9. The minimum atomic E-state index is -3.55. The number of halogens is 1. The molecule has 0 saturated heterocycles. The van der Waals surface area contributed by atoms with E-state index in [9.17, 15) is 17.6 Å². The molecule has 2 aromatic rings. The predicted octanol–water partition coefficient (Wildman–Crippen LogP) is 3.08. The van der Waals surface area contributed by atoms with Gasteiger partial charge in [0, 0.05) is 18.7 Å². The van der Waals surface area contributed by atoms with Gasteiger partial charge in [-0.05, 0) is 48.4 Å². The smallest absolute Gasteiger partial charge is 0.232 e. The lowest BCUT2D eigenvalue weighted by Crippen LogP contribution is -2.31. The molecular formula is C19H20FN3O3S. The van der Waals surface area contributed by atoms with E-state index in [2.05, 4.69) is 5.32 Å². The van der Waals surface area contributed by atoms with E-state index in [4.69, 9.17) is 5.26 Å². The minimum Gasteiger partial charge on any atom is -0.326 e. The molecule has 0 aliphatic heterocycles. The Morgan fingerprint density at radius 1 is 1.15 bits per heavy atom. The quantitative estimate of drug-likeness (QED) is 0.751. The van der Waals surface area contributed by atoms with Crippen LogP contribution in [0.1, 0.15) is 18.4 Å². The van der Waals surface area contributed by atoms with Gasteiger partial charge >= 0.3 is 0 Å². The molecular weight excluding hydrogens is 369 g/mol. The number of sulfonamides is 1. The van der Waals surface area contributed by atoms with Crippen molar-refractivity contribution in [3.05, 3.63) is 59.9 Å². The second-order valence-corrected chi connectivity index (χ2v) is 7.90. The summed E-state index contributed by atoms with van der Waals surface area (Å²) >= 11 is 0. The van der Waals surface area contributed by atoms with Crippen LogP contribution in [0.2, 0.25) is 0 Å². The van der Waals surface area contributed by atoms with Gasteiger partial charge in [0.05, 0.1) is 24.4 Å². The third-order valence-corrected chi connectivity index (χ3v) is 4.99. The van der Waals surface area contributed by atoms with Crippen LogP contribution in [0.15, 0.2) is 48.5 Å². The van der Waals surface area contributed by atoms with E-state index in [1.165, 1.54) is 24.3 Å². The van der Waals surface area contributed by atoms with Crippen molar-refractivity contribution >= 4 is 27.3 Å². The number of hydrogen-bond donors (Lipinski definition) is 1. The largest absolute Gasteiger partial charge is 0.326 e. The summed E-state index contributed by atoms with van der Waals surface area (Å²) in [5.41, 5.74) is 1.83. The van der Waals surface area contributed by atoms with Crippen molar-refractivity contribution < 1.29 is 17.6 Å². The Hall–Kier alpha value is -2.92. The van der Waals surface area contributed by atoms with Crippen molar-refractivity contribution in [1.29, 1.82) is 5.26 Å². The number of rotatable bonds is 8. The molecule has 0 unspecified atom stereocenters. The van der Waals surface area contributed by atoms with Gasteiger partial charge in [-0.3, -0.25) is 9.10 Å². The van der Waals surface area contributed by atoms with Gasteiger partial charge in [-0.2, -0.15) is 5.26 Å². The molecule has 0 radical (unpaired) electrons. The summed E-state index contributed by atoms with van der Waals surface area (Å²) in [5.74, 6) is -0.692. The van der Waals surface area contributed by atoms with E-state index in [1.807, 2.05) is 6.07 Å². The molecule has 0 spiro atoms. The lowest BCUT2D eigenvalue weighted by molar-refractivity contribution is -0.116. The summed E-state index contributed by atoms with van der Waals surface area (Å²) in [7, 11) is -3.55. The highest BCUT2D eigenvalue weighted by Gasteiger charge is 2.17. The molecule has 1 N–H and O–H groups in total. The minimum absolute atomic E-state index is 0.110. The molecule has 6 nitrogen and oxygen atoms in total. The number of carbonyl (C=O) groups is 1. The van der Waals surface area contributed by atoms with E-state index in [0.717, 1.165) is 16.1 Å². The molecule has 27 heavy (non-hydrogen) atoms. The van der Waals surface area contributed by atoms with Gasteiger partial charge < -0.3 is 5.32 Å². The van der Waals surface area contributed by atoms with Crippen molar-refractivity contribution in [2.45, 2.75) is 19.3 Å². The SMILES string of the molecule is CS(=O)(=O)N(CCCC(=O)Nc1ccc(CC#N)cc1)c1ccc(F)cc1. The van der Waals surface area contributed by atoms with Crippen molar-refractivity contribution in [2.24, 2.45) is 0 Å². The molecule has 8 heteroatoms. The van der Waals surface area contributed by atoms with E-state index in [0.29, 0.717) is 24.2 Å². The van der Waals surface area contributed by atoms with Crippen LogP contribution in [0.3, 0.4) is 0 Å². The van der Waals surface area contributed by atoms with Gasteiger partial charge in [0.25, 0.3) is 0 Å². The Morgan fingerprint density at radius 3 is 2.33 bits per heavy atom. The number of nitrogens with one attached hydrogen (secondary N) is 1. The summed E-state index contributed by atoms with van der Waals surface area (Å²) in [6, 6.07) is 14.2. The van der Waals surface area contributed by atoms with Crippen LogP contribution >= 0.6 is 0 Å². The highest BCUT2D eigenvalue weighted by atomic mass is 32.2. The average Bonchev–Trinajstić information content (AvgIpc) is 2.61. The number of carbonyl (C=O) groups excluding carboxylic acids is 1. The number of amides is 1. The topological polar surface area (TPSA) is 90.3 Å². The van der Waals surface area contributed by atoms with Crippen molar-refractivity contribution in [1.82, 2.24) is 0 Å². The Labute approximate surface area is 158 Å². The lowest BCUT2D eigenvalue weighted by atomic mass is 10.1. The first-order valence-electron chi connectivity index (χ1n) is 8.28. The third kappa shape index (κ3) is 6.38. The van der Waals surface area contributed by atoms with Crippen molar-refractivity contribution in [3.8, 4) is 6.07 Å². The summed E-state index contributed by atoms with van der Waals surface area (Å²) in [5, 5.41) is 11.4. The summed E-state index contributed by atoms with van der Waals surface area (Å²) < 4.78 is 38.1.